The van der Waals surface area contributed by atoms with Gasteiger partial charge in [0.05, 0.1) is 22.1 Å². The van der Waals surface area contributed by atoms with E-state index in [9.17, 15) is 13.2 Å². The summed E-state index contributed by atoms with van der Waals surface area (Å²) in [6, 6.07) is 17.7. The number of anilines is 1. The number of sulfonamides is 1. The number of halogens is 2. The predicted octanol–water partition coefficient (Wildman–Crippen LogP) is 5.08. The number of amides is 1. The lowest BCUT2D eigenvalue weighted by Crippen LogP contribution is -2.27. The molecule has 3 aromatic carbocycles. The summed E-state index contributed by atoms with van der Waals surface area (Å²) in [4.78, 5) is 12.9. The van der Waals surface area contributed by atoms with E-state index in [-0.39, 0.29) is 17.3 Å². The van der Waals surface area contributed by atoms with Crippen LogP contribution in [0.5, 0.6) is 5.75 Å². The highest BCUT2D eigenvalue weighted by molar-refractivity contribution is 7.89. The third-order valence-corrected chi connectivity index (χ3v) is 7.12. The summed E-state index contributed by atoms with van der Waals surface area (Å²) in [5.41, 5.74) is 1.37. The summed E-state index contributed by atoms with van der Waals surface area (Å²) in [7, 11) is -0.740. The molecule has 0 aliphatic carbocycles. The minimum atomic E-state index is -3.70. The fourth-order valence-electron chi connectivity index (χ4n) is 2.92. The molecule has 0 aliphatic rings. The van der Waals surface area contributed by atoms with E-state index in [0.717, 1.165) is 0 Å². The molecule has 0 bridgehead atoms. The van der Waals surface area contributed by atoms with Crippen molar-refractivity contribution in [3.63, 3.8) is 0 Å². The zero-order valence-corrected chi connectivity index (χ0v) is 19.1. The van der Waals surface area contributed by atoms with Gasteiger partial charge in [0.2, 0.25) is 10.0 Å². The fraction of sp³-hybridized carbons (Fsp3) is 0.136. The van der Waals surface area contributed by atoms with Gasteiger partial charge in [0.25, 0.3) is 5.91 Å². The third-order valence-electron chi connectivity index (χ3n) is 4.56. The molecule has 9 heteroatoms. The van der Waals surface area contributed by atoms with Crippen molar-refractivity contribution in [2.75, 3.05) is 19.5 Å². The Bertz CT molecular complexity index is 1200. The van der Waals surface area contributed by atoms with Gasteiger partial charge >= 0.3 is 0 Å². The van der Waals surface area contributed by atoms with Gasteiger partial charge in [0.1, 0.15) is 5.75 Å². The molecule has 162 valence electrons. The van der Waals surface area contributed by atoms with Crippen molar-refractivity contribution in [1.29, 1.82) is 0 Å². The Labute approximate surface area is 191 Å². The number of carbonyl (C=O) groups excluding carboxylic acids is 1. The molecule has 1 amide bonds. The number of hydrogen-bond donors (Lipinski definition) is 1. The second-order valence-corrected chi connectivity index (χ2v) is 9.54. The predicted molar refractivity (Wildman–Crippen MR) is 123 cm³/mol. The summed E-state index contributed by atoms with van der Waals surface area (Å²) in [5.74, 6) is 0.0945. The van der Waals surface area contributed by atoms with Crippen LogP contribution in [-0.2, 0) is 16.6 Å². The van der Waals surface area contributed by atoms with Crippen LogP contribution in [0.3, 0.4) is 0 Å². The largest absolute Gasteiger partial charge is 0.496 e. The summed E-state index contributed by atoms with van der Waals surface area (Å²) in [6.45, 7) is 0.0221. The maximum Gasteiger partial charge on any atom is 0.255 e. The molecular formula is C22H20Cl2N2O4S. The van der Waals surface area contributed by atoms with Crippen LogP contribution in [0.15, 0.2) is 71.6 Å². The molecule has 0 heterocycles. The number of carbonyl (C=O) groups is 1. The molecule has 31 heavy (non-hydrogen) atoms. The van der Waals surface area contributed by atoms with Crippen molar-refractivity contribution in [3.8, 4) is 5.75 Å². The summed E-state index contributed by atoms with van der Waals surface area (Å²) in [5, 5.41) is 3.45. The molecule has 6 nitrogen and oxygen atoms in total. The Morgan fingerprint density at radius 2 is 1.71 bits per heavy atom. The monoisotopic (exact) mass is 478 g/mol. The highest BCUT2D eigenvalue weighted by atomic mass is 35.5. The minimum Gasteiger partial charge on any atom is -0.496 e. The molecule has 0 atom stereocenters. The van der Waals surface area contributed by atoms with Gasteiger partial charge < -0.3 is 10.1 Å². The van der Waals surface area contributed by atoms with E-state index >= 15 is 0 Å². The van der Waals surface area contributed by atoms with Gasteiger partial charge in [-0.05, 0) is 48.5 Å². The Morgan fingerprint density at radius 3 is 2.35 bits per heavy atom. The van der Waals surface area contributed by atoms with Gasteiger partial charge in [-0.25, -0.2) is 8.42 Å². The molecule has 0 spiro atoms. The van der Waals surface area contributed by atoms with Crippen molar-refractivity contribution in [1.82, 2.24) is 4.31 Å². The first-order chi connectivity index (χ1) is 14.7. The van der Waals surface area contributed by atoms with Crippen LogP contribution in [0.25, 0.3) is 0 Å². The summed E-state index contributed by atoms with van der Waals surface area (Å²) in [6.07, 6.45) is 0. The van der Waals surface area contributed by atoms with E-state index < -0.39 is 10.0 Å². The Hall–Kier alpha value is -2.58. The number of rotatable bonds is 7. The first-order valence-electron chi connectivity index (χ1n) is 9.17. The minimum absolute atomic E-state index is 0.0221. The summed E-state index contributed by atoms with van der Waals surface area (Å²) >= 11 is 11.9. The molecule has 0 fully saturated rings. The lowest BCUT2D eigenvalue weighted by atomic mass is 10.1. The zero-order valence-electron chi connectivity index (χ0n) is 16.8. The smallest absolute Gasteiger partial charge is 0.255 e. The molecule has 0 radical (unpaired) electrons. The molecule has 0 aromatic heterocycles. The van der Waals surface area contributed by atoms with E-state index in [0.29, 0.717) is 32.6 Å². The van der Waals surface area contributed by atoms with Crippen LogP contribution in [0.4, 0.5) is 5.69 Å². The molecular weight excluding hydrogens is 459 g/mol. The van der Waals surface area contributed by atoms with Gasteiger partial charge in [-0.3, -0.25) is 4.79 Å². The van der Waals surface area contributed by atoms with Crippen LogP contribution in [0.2, 0.25) is 10.0 Å². The van der Waals surface area contributed by atoms with Crippen molar-refractivity contribution in [3.05, 3.63) is 87.9 Å². The molecule has 0 unspecified atom stereocenters. The number of benzene rings is 3. The van der Waals surface area contributed by atoms with E-state index in [4.69, 9.17) is 27.9 Å². The summed E-state index contributed by atoms with van der Waals surface area (Å²) < 4.78 is 32.2. The second-order valence-electron chi connectivity index (χ2n) is 6.68. The fourth-order valence-corrected chi connectivity index (χ4v) is 4.39. The maximum absolute atomic E-state index is 12.8. The van der Waals surface area contributed by atoms with Gasteiger partial charge in [-0.15, -0.1) is 0 Å². The number of nitrogens with zero attached hydrogens (tertiary/aromatic N) is 1. The lowest BCUT2D eigenvalue weighted by molar-refractivity contribution is 0.102. The zero-order chi connectivity index (χ0) is 22.6. The molecule has 0 saturated heterocycles. The van der Waals surface area contributed by atoms with Gasteiger partial charge in [0.15, 0.2) is 0 Å². The number of nitrogens with one attached hydrogen (secondary N) is 1. The van der Waals surface area contributed by atoms with E-state index in [1.54, 1.807) is 54.6 Å². The number of methoxy groups -OCH3 is 1. The Morgan fingerprint density at radius 1 is 1.00 bits per heavy atom. The Kier molecular flexibility index (Phi) is 7.23. The quantitative estimate of drug-likeness (QED) is 0.513. The third kappa shape index (κ3) is 5.37. The normalized spacial score (nSPS) is 11.4. The van der Waals surface area contributed by atoms with Crippen LogP contribution < -0.4 is 10.1 Å². The number of hydrogen-bond acceptors (Lipinski definition) is 4. The second kappa shape index (κ2) is 9.70. The van der Waals surface area contributed by atoms with Gasteiger partial charge in [-0.1, -0.05) is 41.4 Å². The van der Waals surface area contributed by atoms with Crippen LogP contribution in [0.1, 0.15) is 15.9 Å². The lowest BCUT2D eigenvalue weighted by Gasteiger charge is -2.19. The average molecular weight is 479 g/mol. The topological polar surface area (TPSA) is 75.7 Å². The van der Waals surface area contributed by atoms with Crippen molar-refractivity contribution in [2.45, 2.75) is 11.4 Å². The van der Waals surface area contributed by atoms with Crippen LogP contribution >= 0.6 is 23.2 Å². The molecule has 0 saturated carbocycles. The molecule has 0 aliphatic heterocycles. The first kappa shape index (κ1) is 23.1. The average Bonchev–Trinajstić information content (AvgIpc) is 2.76. The van der Waals surface area contributed by atoms with Gasteiger partial charge in [-0.2, -0.15) is 4.31 Å². The Balaban J connectivity index is 1.84. The van der Waals surface area contributed by atoms with Crippen LogP contribution in [-0.4, -0.2) is 32.8 Å². The van der Waals surface area contributed by atoms with Crippen LogP contribution in [0, 0.1) is 0 Å². The van der Waals surface area contributed by atoms with E-state index in [1.165, 1.54) is 30.6 Å². The highest BCUT2D eigenvalue weighted by Gasteiger charge is 2.22. The molecule has 3 rings (SSSR count). The maximum atomic E-state index is 12.8. The van der Waals surface area contributed by atoms with E-state index in [2.05, 4.69) is 5.32 Å². The van der Waals surface area contributed by atoms with E-state index in [1.807, 2.05) is 0 Å². The molecule has 1 N–H and O–H groups in total. The standard InChI is InChI=1S/C22H20Cl2N2O4S/c1-26(31(28,29)18-6-4-3-5-7-18)14-16-12-15(8-11-21(16)30-2)22(27)25-17-9-10-19(23)20(24)13-17/h3-13H,14H2,1-2H3,(H,25,27). The van der Waals surface area contributed by atoms with Crippen molar-refractivity contribution in [2.24, 2.45) is 0 Å². The first-order valence-corrected chi connectivity index (χ1v) is 11.4. The SMILES string of the molecule is COc1ccc(C(=O)Nc2ccc(Cl)c(Cl)c2)cc1CN(C)S(=O)(=O)c1ccccc1. The van der Waals surface area contributed by atoms with Crippen molar-refractivity contribution < 1.29 is 17.9 Å². The van der Waals surface area contributed by atoms with Gasteiger partial charge in [0, 0.05) is 30.4 Å². The highest BCUT2D eigenvalue weighted by Crippen LogP contribution is 2.27. The van der Waals surface area contributed by atoms with Crippen molar-refractivity contribution >= 4 is 44.8 Å². The molecule has 3 aromatic rings. The number of ether oxygens (including phenoxy) is 1.